The third-order valence-electron chi connectivity index (χ3n) is 5.41. The Morgan fingerprint density at radius 2 is 1.23 bits per heavy atom. The summed E-state index contributed by atoms with van der Waals surface area (Å²) in [5.41, 5.74) is 1.01. The van der Waals surface area contributed by atoms with Gasteiger partial charge in [-0.05, 0) is 51.0 Å². The third kappa shape index (κ3) is 6.01. The quantitative estimate of drug-likeness (QED) is 0.662. The standard InChI is InChI=1S/C22H32N2O6/c1-3-29-19-13-27-11-9-17(19)23-21(25)15-5-7-16(8-6-15)22(26)24-18-10-12-28-14-20(18)30-4-2/h5-8,17-20H,3-4,9-14H2,1-2H3,(H,23,25)(H,24,26). The summed E-state index contributed by atoms with van der Waals surface area (Å²) in [6.07, 6.45) is 1.14. The van der Waals surface area contributed by atoms with Gasteiger partial charge in [0, 0.05) is 37.6 Å². The van der Waals surface area contributed by atoms with Crippen LogP contribution in [0.15, 0.2) is 24.3 Å². The molecule has 8 nitrogen and oxygen atoms in total. The summed E-state index contributed by atoms with van der Waals surface area (Å²) in [5, 5.41) is 6.06. The summed E-state index contributed by atoms with van der Waals surface area (Å²) in [6.45, 7) is 7.15. The summed E-state index contributed by atoms with van der Waals surface area (Å²) in [7, 11) is 0. The summed E-state index contributed by atoms with van der Waals surface area (Å²) < 4.78 is 22.2. The Hall–Kier alpha value is -2.00. The molecule has 4 unspecified atom stereocenters. The van der Waals surface area contributed by atoms with Gasteiger partial charge in [-0.3, -0.25) is 9.59 Å². The highest BCUT2D eigenvalue weighted by atomic mass is 16.5. The number of nitrogens with one attached hydrogen (secondary N) is 2. The van der Waals surface area contributed by atoms with E-state index in [2.05, 4.69) is 10.6 Å². The molecule has 0 aromatic heterocycles. The van der Waals surface area contributed by atoms with E-state index < -0.39 is 0 Å². The number of benzene rings is 1. The van der Waals surface area contributed by atoms with E-state index >= 15 is 0 Å². The van der Waals surface area contributed by atoms with Crippen LogP contribution in [0, 0.1) is 0 Å². The van der Waals surface area contributed by atoms with Crippen LogP contribution in [0.1, 0.15) is 47.4 Å². The maximum absolute atomic E-state index is 12.6. The Balaban J connectivity index is 1.57. The molecule has 1 aromatic rings. The maximum atomic E-state index is 12.6. The molecule has 3 rings (SSSR count). The molecule has 0 bridgehead atoms. The van der Waals surface area contributed by atoms with Crippen LogP contribution < -0.4 is 10.6 Å². The van der Waals surface area contributed by atoms with Crippen LogP contribution in [-0.2, 0) is 18.9 Å². The molecule has 2 aliphatic heterocycles. The van der Waals surface area contributed by atoms with Gasteiger partial charge in [0.2, 0.25) is 0 Å². The Morgan fingerprint density at radius 1 is 0.833 bits per heavy atom. The van der Waals surface area contributed by atoms with Crippen LogP contribution >= 0.6 is 0 Å². The van der Waals surface area contributed by atoms with Crippen molar-refractivity contribution in [3.63, 3.8) is 0 Å². The minimum atomic E-state index is -0.181. The van der Waals surface area contributed by atoms with Gasteiger partial charge >= 0.3 is 0 Å². The van der Waals surface area contributed by atoms with E-state index in [1.807, 2.05) is 13.8 Å². The monoisotopic (exact) mass is 420 g/mol. The Morgan fingerprint density at radius 3 is 1.60 bits per heavy atom. The molecule has 1 aromatic carbocycles. The molecule has 0 saturated carbocycles. The summed E-state index contributed by atoms with van der Waals surface area (Å²) in [6, 6.07) is 6.51. The van der Waals surface area contributed by atoms with Crippen molar-refractivity contribution in [2.75, 3.05) is 39.6 Å². The van der Waals surface area contributed by atoms with Crippen LogP contribution in [0.25, 0.3) is 0 Å². The van der Waals surface area contributed by atoms with Gasteiger partial charge in [-0.15, -0.1) is 0 Å². The van der Waals surface area contributed by atoms with Gasteiger partial charge in [-0.2, -0.15) is 0 Å². The number of amides is 2. The Kier molecular flexibility index (Phi) is 8.62. The normalized spacial score (nSPS) is 26.7. The van der Waals surface area contributed by atoms with Gasteiger partial charge in [-0.25, -0.2) is 0 Å². The molecule has 166 valence electrons. The number of ether oxygens (including phenoxy) is 4. The topological polar surface area (TPSA) is 95.1 Å². The SMILES string of the molecule is CCOC1COCCC1NC(=O)c1ccc(C(=O)NC2CCOCC2OCC)cc1. The smallest absolute Gasteiger partial charge is 0.251 e. The van der Waals surface area contributed by atoms with Crippen LogP contribution in [0.4, 0.5) is 0 Å². The van der Waals surface area contributed by atoms with Crippen molar-refractivity contribution in [2.24, 2.45) is 0 Å². The van der Waals surface area contributed by atoms with Crippen molar-refractivity contribution in [3.05, 3.63) is 35.4 Å². The van der Waals surface area contributed by atoms with E-state index in [4.69, 9.17) is 18.9 Å². The molecule has 2 fully saturated rings. The van der Waals surface area contributed by atoms with Gasteiger partial charge in [0.05, 0.1) is 25.3 Å². The zero-order valence-corrected chi connectivity index (χ0v) is 17.7. The predicted molar refractivity (Wildman–Crippen MR) is 111 cm³/mol. The maximum Gasteiger partial charge on any atom is 0.251 e. The fourth-order valence-corrected chi connectivity index (χ4v) is 3.79. The fourth-order valence-electron chi connectivity index (χ4n) is 3.79. The van der Waals surface area contributed by atoms with Crippen LogP contribution in [0.3, 0.4) is 0 Å². The van der Waals surface area contributed by atoms with Crippen molar-refractivity contribution in [3.8, 4) is 0 Å². The second-order valence-electron chi connectivity index (χ2n) is 7.45. The number of rotatable bonds is 8. The third-order valence-corrected chi connectivity index (χ3v) is 5.41. The molecular formula is C22H32N2O6. The first-order chi connectivity index (χ1) is 14.6. The molecule has 0 radical (unpaired) electrons. The zero-order chi connectivity index (χ0) is 21.3. The lowest BCUT2D eigenvalue weighted by atomic mass is 10.0. The summed E-state index contributed by atoms with van der Waals surface area (Å²) in [5.74, 6) is -0.362. The van der Waals surface area contributed by atoms with E-state index in [1.54, 1.807) is 24.3 Å². The predicted octanol–water partition coefficient (Wildman–Crippen LogP) is 1.53. The van der Waals surface area contributed by atoms with E-state index in [-0.39, 0.29) is 36.1 Å². The average molecular weight is 421 g/mol. The van der Waals surface area contributed by atoms with E-state index in [1.165, 1.54) is 0 Å². The van der Waals surface area contributed by atoms with Gasteiger partial charge < -0.3 is 29.6 Å². The largest absolute Gasteiger partial charge is 0.379 e. The van der Waals surface area contributed by atoms with E-state index in [9.17, 15) is 9.59 Å². The van der Waals surface area contributed by atoms with E-state index in [0.717, 1.165) is 0 Å². The fraction of sp³-hybridized carbons (Fsp3) is 0.636. The minimum Gasteiger partial charge on any atom is -0.379 e. The van der Waals surface area contributed by atoms with Gasteiger partial charge in [0.1, 0.15) is 12.2 Å². The molecule has 2 heterocycles. The molecule has 8 heteroatoms. The summed E-state index contributed by atoms with van der Waals surface area (Å²) in [4.78, 5) is 25.3. The number of carbonyl (C=O) groups is 2. The molecule has 2 saturated heterocycles. The number of hydrogen-bond donors (Lipinski definition) is 2. The van der Waals surface area contributed by atoms with Gasteiger partial charge in [0.15, 0.2) is 0 Å². The highest BCUT2D eigenvalue weighted by Gasteiger charge is 2.29. The Bertz CT molecular complexity index is 632. The van der Waals surface area contributed by atoms with Crippen molar-refractivity contribution in [1.82, 2.24) is 10.6 Å². The lowest BCUT2D eigenvalue weighted by Crippen LogP contribution is -2.50. The second-order valence-corrected chi connectivity index (χ2v) is 7.45. The minimum absolute atomic E-state index is 0.0850. The average Bonchev–Trinajstić information content (AvgIpc) is 2.77. The first-order valence-electron chi connectivity index (χ1n) is 10.7. The van der Waals surface area contributed by atoms with Crippen LogP contribution in [0.2, 0.25) is 0 Å². The van der Waals surface area contributed by atoms with Crippen LogP contribution in [-0.4, -0.2) is 75.7 Å². The van der Waals surface area contributed by atoms with Gasteiger partial charge in [0.25, 0.3) is 11.8 Å². The lowest BCUT2D eigenvalue weighted by molar-refractivity contribution is -0.0633. The molecule has 30 heavy (non-hydrogen) atoms. The molecule has 0 aliphatic carbocycles. The zero-order valence-electron chi connectivity index (χ0n) is 17.7. The lowest BCUT2D eigenvalue weighted by Gasteiger charge is -2.32. The van der Waals surface area contributed by atoms with E-state index in [0.29, 0.717) is 63.6 Å². The second kappa shape index (κ2) is 11.4. The molecular weight excluding hydrogens is 388 g/mol. The Labute approximate surface area is 177 Å². The van der Waals surface area contributed by atoms with Crippen molar-refractivity contribution < 1.29 is 28.5 Å². The highest BCUT2D eigenvalue weighted by molar-refractivity contribution is 5.98. The first kappa shape index (κ1) is 22.7. The van der Waals surface area contributed by atoms with Gasteiger partial charge in [-0.1, -0.05) is 0 Å². The van der Waals surface area contributed by atoms with Crippen molar-refractivity contribution in [2.45, 2.75) is 51.0 Å². The number of hydrogen-bond acceptors (Lipinski definition) is 6. The highest BCUT2D eigenvalue weighted by Crippen LogP contribution is 2.15. The molecule has 0 spiro atoms. The molecule has 4 atom stereocenters. The first-order valence-corrected chi connectivity index (χ1v) is 10.7. The molecule has 2 N–H and O–H groups in total. The summed E-state index contributed by atoms with van der Waals surface area (Å²) >= 11 is 0. The van der Waals surface area contributed by atoms with Crippen molar-refractivity contribution in [1.29, 1.82) is 0 Å². The molecule has 2 amide bonds. The number of carbonyl (C=O) groups excluding carboxylic acids is 2. The van der Waals surface area contributed by atoms with Crippen molar-refractivity contribution >= 4 is 11.8 Å². The molecule has 2 aliphatic rings. The van der Waals surface area contributed by atoms with Crippen LogP contribution in [0.5, 0.6) is 0 Å².